The number of hydrogen-bond acceptors (Lipinski definition) is 5. The molecule has 1 aliphatic heterocycles. The van der Waals surface area contributed by atoms with Gasteiger partial charge in [0.25, 0.3) is 0 Å². The SMILES string of the molecule is OC[C@H]1OC(O)[C@H](O)[C@@H](O)[C@@H]1[123I]. The molecular formula is C6H11IO5. The van der Waals surface area contributed by atoms with Crippen molar-refractivity contribution in [3.63, 3.8) is 0 Å². The number of hydrogen-bond donors (Lipinski definition) is 4. The molecule has 0 aromatic heterocycles. The van der Waals surface area contributed by atoms with Crippen molar-refractivity contribution in [3.8, 4) is 0 Å². The molecule has 1 heterocycles. The summed E-state index contributed by atoms with van der Waals surface area (Å²) in [4.78, 5) is 0. The Kier molecular flexibility index (Phi) is 3.68. The Morgan fingerprint density at radius 2 is 1.75 bits per heavy atom. The van der Waals surface area contributed by atoms with Gasteiger partial charge in [0.15, 0.2) is 6.29 Å². The van der Waals surface area contributed by atoms with Crippen LogP contribution in [0.5, 0.6) is 0 Å². The van der Waals surface area contributed by atoms with E-state index in [2.05, 4.69) is 0 Å². The maximum atomic E-state index is 9.31. The summed E-state index contributed by atoms with van der Waals surface area (Å²) in [6.45, 7) is -0.283. The molecule has 0 aromatic carbocycles. The van der Waals surface area contributed by atoms with Crippen LogP contribution in [0.25, 0.3) is 0 Å². The van der Waals surface area contributed by atoms with E-state index in [0.29, 0.717) is 0 Å². The molecule has 0 aromatic rings. The number of rotatable bonds is 1. The molecular weight excluding hydrogens is 275 g/mol. The Morgan fingerprint density at radius 3 is 2.25 bits per heavy atom. The summed E-state index contributed by atoms with van der Waals surface area (Å²) in [6.07, 6.45) is -4.40. The first-order chi connectivity index (χ1) is 5.57. The van der Waals surface area contributed by atoms with Crippen LogP contribution in [0.1, 0.15) is 0 Å². The van der Waals surface area contributed by atoms with Crippen molar-refractivity contribution in [1.82, 2.24) is 0 Å². The van der Waals surface area contributed by atoms with Gasteiger partial charge in [-0.05, 0) is 0 Å². The number of alkyl halides is 1. The van der Waals surface area contributed by atoms with Gasteiger partial charge in [-0.15, -0.1) is 0 Å². The van der Waals surface area contributed by atoms with Gasteiger partial charge >= 0.3 is 0 Å². The van der Waals surface area contributed by atoms with Crippen molar-refractivity contribution in [1.29, 1.82) is 0 Å². The number of ether oxygens (including phenoxy) is 1. The van der Waals surface area contributed by atoms with E-state index in [1.807, 2.05) is 22.6 Å². The molecule has 0 amide bonds. The van der Waals surface area contributed by atoms with Gasteiger partial charge < -0.3 is 25.2 Å². The van der Waals surface area contributed by atoms with Crippen LogP contribution < -0.4 is 0 Å². The number of halogens is 1. The van der Waals surface area contributed by atoms with Crippen LogP contribution in [0.3, 0.4) is 0 Å². The molecule has 4 N–H and O–H groups in total. The van der Waals surface area contributed by atoms with Crippen LogP contribution in [0, 0.1) is 0 Å². The Bertz CT molecular complexity index is 150. The van der Waals surface area contributed by atoms with Gasteiger partial charge in [-0.1, -0.05) is 22.6 Å². The van der Waals surface area contributed by atoms with Gasteiger partial charge in [0.2, 0.25) is 0 Å². The van der Waals surface area contributed by atoms with Crippen LogP contribution in [0.2, 0.25) is 0 Å². The van der Waals surface area contributed by atoms with Gasteiger partial charge in [-0.25, -0.2) is 0 Å². The molecule has 0 saturated carbocycles. The number of aliphatic hydroxyl groups is 4. The Hall–Kier alpha value is 0.530. The summed E-state index contributed by atoms with van der Waals surface area (Å²) >= 11 is 1.86. The molecule has 5 nitrogen and oxygen atoms in total. The predicted octanol–water partition coefficient (Wildman–Crippen LogP) is -1.78. The predicted molar refractivity (Wildman–Crippen MR) is 47.8 cm³/mol. The standard InChI is InChI=1S/C6H11IO5/c7-3-2(1-8)12-6(11)5(10)4(3)9/h2-6,8-11H,1H2/t2-,3-,4+,5-,6?/m1/s1/i7-4. The first-order valence-electron chi connectivity index (χ1n) is 3.52. The minimum atomic E-state index is -1.41. The third-order valence-electron chi connectivity index (χ3n) is 1.82. The van der Waals surface area contributed by atoms with Gasteiger partial charge in [0.05, 0.1) is 22.7 Å². The second kappa shape index (κ2) is 4.16. The fraction of sp³-hybridized carbons (Fsp3) is 1.00. The zero-order chi connectivity index (χ0) is 9.30. The molecule has 0 radical (unpaired) electrons. The molecule has 12 heavy (non-hydrogen) atoms. The van der Waals surface area contributed by atoms with Gasteiger partial charge in [0.1, 0.15) is 6.10 Å². The van der Waals surface area contributed by atoms with Crippen molar-refractivity contribution in [2.75, 3.05) is 6.61 Å². The van der Waals surface area contributed by atoms with E-state index < -0.39 is 28.5 Å². The highest BCUT2D eigenvalue weighted by Gasteiger charge is 2.41. The van der Waals surface area contributed by atoms with Crippen molar-refractivity contribution in [3.05, 3.63) is 0 Å². The first kappa shape index (κ1) is 10.6. The van der Waals surface area contributed by atoms with Crippen molar-refractivity contribution in [2.24, 2.45) is 0 Å². The smallest absolute Gasteiger partial charge is 0.183 e. The van der Waals surface area contributed by atoms with Gasteiger partial charge in [0, 0.05) is 0 Å². The third-order valence-corrected chi connectivity index (χ3v) is 3.36. The van der Waals surface area contributed by atoms with Gasteiger partial charge in [-0.2, -0.15) is 0 Å². The lowest BCUT2D eigenvalue weighted by atomic mass is 10.0. The summed E-state index contributed by atoms with van der Waals surface area (Å²) in [7, 11) is 0. The van der Waals surface area contributed by atoms with Crippen LogP contribution >= 0.6 is 22.6 Å². The second-order valence-electron chi connectivity index (χ2n) is 2.67. The highest BCUT2D eigenvalue weighted by molar-refractivity contribution is 14.1. The minimum Gasteiger partial charge on any atom is -0.394 e. The first-order valence-corrected chi connectivity index (χ1v) is 4.77. The molecule has 72 valence electrons. The Labute approximate surface area is 83.1 Å². The monoisotopic (exact) mass is 286 g/mol. The maximum Gasteiger partial charge on any atom is 0.183 e. The normalized spacial score (nSPS) is 49.2. The average molecular weight is 286 g/mol. The highest BCUT2D eigenvalue weighted by Crippen LogP contribution is 2.25. The van der Waals surface area contributed by atoms with E-state index in [0.717, 1.165) is 0 Å². The van der Waals surface area contributed by atoms with Crippen molar-refractivity contribution < 1.29 is 25.2 Å². The fourth-order valence-electron chi connectivity index (χ4n) is 1.06. The largest absolute Gasteiger partial charge is 0.394 e. The minimum absolute atomic E-state index is 0.283. The summed E-state index contributed by atoms with van der Waals surface area (Å²) in [5.74, 6) is 0. The zero-order valence-corrected chi connectivity index (χ0v) is 8.33. The van der Waals surface area contributed by atoms with Crippen molar-refractivity contribution >= 4 is 22.6 Å². The number of aliphatic hydroxyl groups excluding tert-OH is 4. The van der Waals surface area contributed by atoms with Crippen LogP contribution in [0.4, 0.5) is 0 Å². The summed E-state index contributed by atoms with van der Waals surface area (Å²) in [5.41, 5.74) is 0. The lowest BCUT2D eigenvalue weighted by molar-refractivity contribution is -0.246. The van der Waals surface area contributed by atoms with E-state index in [1.54, 1.807) is 0 Å². The van der Waals surface area contributed by atoms with E-state index >= 15 is 0 Å². The van der Waals surface area contributed by atoms with E-state index in [9.17, 15) is 5.11 Å². The average Bonchev–Trinajstić information content (AvgIpc) is 2.08. The lowest BCUT2D eigenvalue weighted by Gasteiger charge is -2.37. The topological polar surface area (TPSA) is 90.2 Å². The Balaban J connectivity index is 2.63. The van der Waals surface area contributed by atoms with Crippen LogP contribution in [-0.4, -0.2) is 55.6 Å². The molecule has 5 atom stereocenters. The molecule has 0 spiro atoms. The quantitative estimate of drug-likeness (QED) is 0.338. The molecule has 0 aliphatic carbocycles. The van der Waals surface area contributed by atoms with Crippen LogP contribution in [0.15, 0.2) is 0 Å². The molecule has 1 saturated heterocycles. The molecule has 1 unspecified atom stereocenters. The molecule has 1 fully saturated rings. The summed E-state index contributed by atoms with van der Waals surface area (Å²) < 4.78 is 4.41. The van der Waals surface area contributed by atoms with E-state index in [4.69, 9.17) is 20.1 Å². The van der Waals surface area contributed by atoms with E-state index in [1.165, 1.54) is 0 Å². The fourth-order valence-corrected chi connectivity index (χ4v) is 1.88. The molecule has 6 heteroatoms. The summed E-state index contributed by atoms with van der Waals surface area (Å²) in [6, 6.07) is 0. The molecule has 0 bridgehead atoms. The summed E-state index contributed by atoms with van der Waals surface area (Å²) in [5, 5.41) is 36.2. The lowest BCUT2D eigenvalue weighted by Crippen LogP contribution is -2.56. The van der Waals surface area contributed by atoms with E-state index in [-0.39, 0.29) is 6.61 Å². The van der Waals surface area contributed by atoms with Gasteiger partial charge in [-0.3, -0.25) is 0 Å². The molecule has 1 aliphatic rings. The highest BCUT2D eigenvalue weighted by atomic mass is 123. The van der Waals surface area contributed by atoms with Crippen LogP contribution in [-0.2, 0) is 4.74 Å². The molecule has 1 rings (SSSR count). The maximum absolute atomic E-state index is 9.31. The zero-order valence-electron chi connectivity index (χ0n) is 6.17. The second-order valence-corrected chi connectivity index (χ2v) is 4.11. The third kappa shape index (κ3) is 1.88. The van der Waals surface area contributed by atoms with Crippen molar-refractivity contribution in [2.45, 2.75) is 28.5 Å². The Morgan fingerprint density at radius 1 is 1.17 bits per heavy atom.